The number of aryl methyl sites for hydroxylation is 1. The van der Waals surface area contributed by atoms with E-state index < -0.39 is 0 Å². The van der Waals surface area contributed by atoms with Gasteiger partial charge >= 0.3 is 0 Å². The van der Waals surface area contributed by atoms with Crippen LogP contribution in [-0.2, 0) is 6.42 Å². The first-order valence-electron chi connectivity index (χ1n) is 10.3. The largest absolute Gasteiger partial charge is 0.342 e. The van der Waals surface area contributed by atoms with Crippen molar-refractivity contribution in [2.45, 2.75) is 19.4 Å². The van der Waals surface area contributed by atoms with Gasteiger partial charge in [0.1, 0.15) is 5.82 Å². The van der Waals surface area contributed by atoms with E-state index >= 15 is 0 Å². The van der Waals surface area contributed by atoms with Crippen molar-refractivity contribution in [3.63, 3.8) is 0 Å². The minimum absolute atomic E-state index is 0.195. The van der Waals surface area contributed by atoms with Crippen LogP contribution < -0.4 is 5.32 Å². The Morgan fingerprint density at radius 1 is 1.03 bits per heavy atom. The summed E-state index contributed by atoms with van der Waals surface area (Å²) in [5.74, 6) is 1.17. The van der Waals surface area contributed by atoms with Gasteiger partial charge in [-0.1, -0.05) is 48.5 Å². The predicted octanol–water partition coefficient (Wildman–Crippen LogP) is 3.56. The Hall–Kier alpha value is -4.33. The predicted molar refractivity (Wildman–Crippen MR) is 120 cm³/mol. The summed E-state index contributed by atoms with van der Waals surface area (Å²) in [6, 6.07) is 24.8. The molecule has 2 N–H and O–H groups in total. The van der Waals surface area contributed by atoms with Gasteiger partial charge in [-0.15, -0.1) is 5.10 Å². The zero-order valence-electron chi connectivity index (χ0n) is 17.4. The number of aromatic amines is 1. The molecule has 0 spiro atoms. The highest BCUT2D eigenvalue weighted by molar-refractivity contribution is 5.95. The van der Waals surface area contributed by atoms with Gasteiger partial charge in [0.25, 0.3) is 5.91 Å². The molecule has 8 nitrogen and oxygen atoms in total. The van der Waals surface area contributed by atoms with Gasteiger partial charge in [-0.3, -0.25) is 4.79 Å². The van der Waals surface area contributed by atoms with E-state index in [0.717, 1.165) is 28.1 Å². The number of nitrogens with one attached hydrogen (secondary N) is 2. The van der Waals surface area contributed by atoms with Crippen molar-refractivity contribution >= 4 is 16.9 Å². The topological polar surface area (TPSA) is 101 Å². The lowest BCUT2D eigenvalue weighted by atomic mass is 10.0. The number of para-hydroxylation sites is 2. The van der Waals surface area contributed by atoms with Gasteiger partial charge in [-0.05, 0) is 59.7 Å². The zero-order valence-corrected chi connectivity index (χ0v) is 17.4. The van der Waals surface area contributed by atoms with Gasteiger partial charge in [0, 0.05) is 5.56 Å². The molecule has 0 radical (unpaired) electrons. The average molecular weight is 423 g/mol. The van der Waals surface area contributed by atoms with Crippen molar-refractivity contribution in [1.82, 2.24) is 35.5 Å². The number of rotatable bonds is 6. The number of H-pyrrole nitrogens is 1. The number of benzene rings is 3. The molecular formula is C24H21N7O. The summed E-state index contributed by atoms with van der Waals surface area (Å²) < 4.78 is 1.59. The normalized spacial score (nSPS) is 12.0. The van der Waals surface area contributed by atoms with Crippen molar-refractivity contribution in [2.24, 2.45) is 0 Å². The van der Waals surface area contributed by atoms with E-state index in [-0.39, 0.29) is 11.9 Å². The Balaban J connectivity index is 1.45. The van der Waals surface area contributed by atoms with E-state index in [2.05, 4.69) is 25.8 Å². The molecule has 0 saturated carbocycles. The van der Waals surface area contributed by atoms with E-state index in [1.54, 1.807) is 16.8 Å². The molecule has 0 aliphatic heterocycles. The summed E-state index contributed by atoms with van der Waals surface area (Å²) in [5.41, 5.74) is 4.16. The minimum Gasteiger partial charge on any atom is -0.342 e. The van der Waals surface area contributed by atoms with E-state index in [9.17, 15) is 4.79 Å². The van der Waals surface area contributed by atoms with Gasteiger partial charge in [0.15, 0.2) is 5.82 Å². The van der Waals surface area contributed by atoms with Gasteiger partial charge < -0.3 is 10.3 Å². The molecule has 1 amide bonds. The third-order valence-electron chi connectivity index (χ3n) is 5.30. The Bertz CT molecular complexity index is 1340. The Kier molecular flexibility index (Phi) is 5.17. The monoisotopic (exact) mass is 423 g/mol. The quantitative estimate of drug-likeness (QED) is 0.435. The highest BCUT2D eigenvalue weighted by atomic mass is 16.1. The third kappa shape index (κ3) is 3.98. The van der Waals surface area contributed by atoms with Crippen LogP contribution in [0.3, 0.4) is 0 Å². The van der Waals surface area contributed by atoms with E-state index in [1.807, 2.05) is 73.7 Å². The molecule has 5 rings (SSSR count). The Morgan fingerprint density at radius 3 is 2.62 bits per heavy atom. The second-order valence-corrected chi connectivity index (χ2v) is 7.54. The first-order chi connectivity index (χ1) is 15.7. The minimum atomic E-state index is -0.323. The smallest absolute Gasteiger partial charge is 0.251 e. The van der Waals surface area contributed by atoms with E-state index in [0.29, 0.717) is 17.8 Å². The van der Waals surface area contributed by atoms with Crippen LogP contribution in [0.2, 0.25) is 0 Å². The van der Waals surface area contributed by atoms with Crippen molar-refractivity contribution in [2.75, 3.05) is 0 Å². The van der Waals surface area contributed by atoms with Crippen LogP contribution in [0.5, 0.6) is 0 Å². The molecule has 2 heterocycles. The molecule has 0 saturated heterocycles. The number of imidazole rings is 1. The molecule has 0 unspecified atom stereocenters. The lowest BCUT2D eigenvalue weighted by molar-refractivity contribution is 0.0935. The second-order valence-electron chi connectivity index (χ2n) is 7.54. The Morgan fingerprint density at radius 2 is 1.84 bits per heavy atom. The van der Waals surface area contributed by atoms with Crippen molar-refractivity contribution in [1.29, 1.82) is 0 Å². The fraction of sp³-hybridized carbons (Fsp3) is 0.125. The van der Waals surface area contributed by atoms with Crippen LogP contribution in [0.15, 0.2) is 78.9 Å². The molecule has 0 aliphatic carbocycles. The summed E-state index contributed by atoms with van der Waals surface area (Å²) in [6.45, 7) is 1.81. The molecule has 2 aromatic heterocycles. The Labute approximate surface area is 184 Å². The van der Waals surface area contributed by atoms with Crippen LogP contribution in [0.1, 0.15) is 33.6 Å². The molecule has 158 valence electrons. The molecule has 32 heavy (non-hydrogen) atoms. The van der Waals surface area contributed by atoms with Crippen molar-refractivity contribution in [3.8, 4) is 5.69 Å². The lowest BCUT2D eigenvalue weighted by Gasteiger charge is -2.17. The highest BCUT2D eigenvalue weighted by Gasteiger charge is 2.20. The summed E-state index contributed by atoms with van der Waals surface area (Å²) in [7, 11) is 0. The van der Waals surface area contributed by atoms with Gasteiger partial charge in [0.05, 0.1) is 22.8 Å². The lowest BCUT2D eigenvalue weighted by Crippen LogP contribution is -2.30. The maximum Gasteiger partial charge on any atom is 0.251 e. The van der Waals surface area contributed by atoms with Crippen molar-refractivity contribution < 1.29 is 4.79 Å². The summed E-state index contributed by atoms with van der Waals surface area (Å²) in [5, 5.41) is 14.7. The van der Waals surface area contributed by atoms with Crippen LogP contribution in [0.4, 0.5) is 0 Å². The van der Waals surface area contributed by atoms with Crippen LogP contribution in [0.25, 0.3) is 16.7 Å². The highest BCUT2D eigenvalue weighted by Crippen LogP contribution is 2.21. The zero-order chi connectivity index (χ0) is 21.9. The second kappa shape index (κ2) is 8.43. The molecule has 0 fully saturated rings. The summed E-state index contributed by atoms with van der Waals surface area (Å²) in [4.78, 5) is 21.3. The third-order valence-corrected chi connectivity index (χ3v) is 5.30. The number of nitrogens with zero attached hydrogens (tertiary/aromatic N) is 5. The van der Waals surface area contributed by atoms with Crippen molar-refractivity contribution in [3.05, 3.63) is 102 Å². The number of hydrogen-bond acceptors (Lipinski definition) is 5. The fourth-order valence-electron chi connectivity index (χ4n) is 3.69. The maximum absolute atomic E-state index is 13.2. The standard InChI is InChI=1S/C24H21N7O/c1-16-28-29-30-31(16)19-11-7-10-18(15-19)24(32)27-22(14-17-8-3-2-4-9-17)23-25-20-12-5-6-13-21(20)26-23/h2-13,15,22H,14H2,1H3,(H,25,26)(H,27,32)/t22-/m1/s1. The van der Waals surface area contributed by atoms with Crippen LogP contribution in [-0.4, -0.2) is 36.1 Å². The molecule has 0 bridgehead atoms. The number of fused-ring (bicyclic) bond motifs is 1. The number of hydrogen-bond donors (Lipinski definition) is 2. The number of carbonyl (C=O) groups is 1. The SMILES string of the molecule is Cc1nnnn1-c1cccc(C(=O)N[C@H](Cc2ccccc2)c2nc3ccccc3[nH]2)c1. The van der Waals surface area contributed by atoms with Gasteiger partial charge in [-0.25, -0.2) is 4.98 Å². The first kappa shape index (κ1) is 19.6. The molecule has 5 aromatic rings. The van der Waals surface area contributed by atoms with E-state index in [4.69, 9.17) is 4.98 Å². The average Bonchev–Trinajstić information content (AvgIpc) is 3.45. The maximum atomic E-state index is 13.2. The molecule has 0 aliphatic rings. The van der Waals surface area contributed by atoms with Gasteiger partial charge in [-0.2, -0.15) is 4.68 Å². The number of amides is 1. The molecule has 3 aromatic carbocycles. The van der Waals surface area contributed by atoms with Crippen LogP contribution in [0, 0.1) is 6.92 Å². The van der Waals surface area contributed by atoms with Gasteiger partial charge in [0.2, 0.25) is 0 Å². The number of tetrazole rings is 1. The van der Waals surface area contributed by atoms with Crippen LogP contribution >= 0.6 is 0 Å². The summed E-state index contributed by atoms with van der Waals surface area (Å²) >= 11 is 0. The molecule has 1 atom stereocenters. The fourth-order valence-corrected chi connectivity index (χ4v) is 3.69. The number of carbonyl (C=O) groups excluding carboxylic acids is 1. The molecule has 8 heteroatoms. The summed E-state index contributed by atoms with van der Waals surface area (Å²) in [6.07, 6.45) is 0.609. The first-order valence-corrected chi connectivity index (χ1v) is 10.3. The number of aromatic nitrogens is 6. The van der Waals surface area contributed by atoms with E-state index in [1.165, 1.54) is 0 Å². The molecular weight excluding hydrogens is 402 g/mol.